The van der Waals surface area contributed by atoms with E-state index in [9.17, 15) is 0 Å². The van der Waals surface area contributed by atoms with Crippen molar-refractivity contribution in [3.05, 3.63) is 23.8 Å². The number of ether oxygens (including phenoxy) is 1. The second-order valence-electron chi connectivity index (χ2n) is 7.08. The van der Waals surface area contributed by atoms with Crippen molar-refractivity contribution in [2.24, 2.45) is 16.7 Å². The quantitative estimate of drug-likeness (QED) is 0.833. The van der Waals surface area contributed by atoms with Gasteiger partial charge in [-0.2, -0.15) is 5.26 Å². The summed E-state index contributed by atoms with van der Waals surface area (Å²) in [4.78, 5) is 0. The summed E-state index contributed by atoms with van der Waals surface area (Å²) in [7, 11) is 0. The van der Waals surface area contributed by atoms with Crippen molar-refractivity contribution in [3.8, 4) is 11.8 Å². The first-order valence-electron chi connectivity index (χ1n) is 7.35. The molecule has 0 aliphatic heterocycles. The second kappa shape index (κ2) is 4.15. The SMILES string of the molecule is CC1(C)C2CCC1(C)C(Oc1cc(C#N)ccc1N)C2. The normalized spacial score (nSPS) is 33.9. The number of nitriles is 1. The average Bonchev–Trinajstić information content (AvgIpc) is 2.74. The van der Waals surface area contributed by atoms with Gasteiger partial charge < -0.3 is 10.5 Å². The van der Waals surface area contributed by atoms with Crippen LogP contribution in [0.1, 0.15) is 45.6 Å². The first-order valence-corrected chi connectivity index (χ1v) is 7.35. The zero-order valence-corrected chi connectivity index (χ0v) is 12.4. The van der Waals surface area contributed by atoms with E-state index < -0.39 is 0 Å². The van der Waals surface area contributed by atoms with E-state index in [1.165, 1.54) is 12.8 Å². The van der Waals surface area contributed by atoms with Crippen LogP contribution in [0.3, 0.4) is 0 Å². The summed E-state index contributed by atoms with van der Waals surface area (Å²) in [5.74, 6) is 1.40. The fourth-order valence-corrected chi connectivity index (χ4v) is 4.17. The van der Waals surface area contributed by atoms with Gasteiger partial charge in [0.25, 0.3) is 0 Å². The van der Waals surface area contributed by atoms with Crippen molar-refractivity contribution in [2.45, 2.75) is 46.1 Å². The summed E-state index contributed by atoms with van der Waals surface area (Å²) < 4.78 is 6.25. The maximum absolute atomic E-state index is 9.01. The van der Waals surface area contributed by atoms with Gasteiger partial charge in [-0.1, -0.05) is 20.8 Å². The predicted molar refractivity (Wildman–Crippen MR) is 79.2 cm³/mol. The topological polar surface area (TPSA) is 59.0 Å². The van der Waals surface area contributed by atoms with Crippen LogP contribution in [0.25, 0.3) is 0 Å². The van der Waals surface area contributed by atoms with E-state index >= 15 is 0 Å². The van der Waals surface area contributed by atoms with E-state index in [0.717, 1.165) is 12.3 Å². The molecule has 2 saturated carbocycles. The largest absolute Gasteiger partial charge is 0.488 e. The Labute approximate surface area is 120 Å². The van der Waals surface area contributed by atoms with E-state index in [1.54, 1.807) is 18.2 Å². The van der Waals surface area contributed by atoms with Gasteiger partial charge in [0.1, 0.15) is 11.9 Å². The summed E-state index contributed by atoms with van der Waals surface area (Å²) in [5, 5.41) is 9.01. The van der Waals surface area contributed by atoms with Crippen molar-refractivity contribution in [3.63, 3.8) is 0 Å². The molecular formula is C17H22N2O. The van der Waals surface area contributed by atoms with Gasteiger partial charge in [-0.25, -0.2) is 0 Å². The molecule has 20 heavy (non-hydrogen) atoms. The highest BCUT2D eigenvalue weighted by atomic mass is 16.5. The van der Waals surface area contributed by atoms with E-state index in [-0.39, 0.29) is 11.5 Å². The number of nitrogens with zero attached hydrogens (tertiary/aromatic N) is 1. The van der Waals surface area contributed by atoms with Crippen molar-refractivity contribution in [2.75, 3.05) is 5.73 Å². The van der Waals surface area contributed by atoms with E-state index in [0.29, 0.717) is 22.4 Å². The molecule has 106 valence electrons. The highest BCUT2D eigenvalue weighted by Gasteiger charge is 2.62. The molecule has 0 radical (unpaired) electrons. The van der Waals surface area contributed by atoms with Gasteiger partial charge in [0, 0.05) is 11.5 Å². The Bertz CT molecular complexity index is 587. The Hall–Kier alpha value is -1.69. The van der Waals surface area contributed by atoms with Crippen LogP contribution in [0.2, 0.25) is 0 Å². The first kappa shape index (κ1) is 13.3. The molecule has 0 spiro atoms. The number of nitrogens with two attached hydrogens (primary N) is 1. The Balaban J connectivity index is 1.89. The Morgan fingerprint density at radius 1 is 1.35 bits per heavy atom. The highest BCUT2D eigenvalue weighted by molar-refractivity contribution is 5.56. The van der Waals surface area contributed by atoms with Crippen LogP contribution in [0.5, 0.6) is 5.75 Å². The molecule has 2 fully saturated rings. The minimum absolute atomic E-state index is 0.201. The van der Waals surface area contributed by atoms with E-state index in [2.05, 4.69) is 26.8 Å². The fraction of sp³-hybridized carbons (Fsp3) is 0.588. The zero-order chi connectivity index (χ0) is 14.5. The Morgan fingerprint density at radius 2 is 2.10 bits per heavy atom. The van der Waals surface area contributed by atoms with Gasteiger partial charge >= 0.3 is 0 Å². The van der Waals surface area contributed by atoms with Crippen LogP contribution in [-0.4, -0.2) is 6.10 Å². The number of hydrogen-bond donors (Lipinski definition) is 1. The molecule has 2 aliphatic rings. The number of nitrogen functional groups attached to an aromatic ring is 1. The third kappa shape index (κ3) is 1.64. The molecule has 2 N–H and O–H groups in total. The molecule has 3 nitrogen and oxygen atoms in total. The van der Waals surface area contributed by atoms with Crippen molar-refractivity contribution >= 4 is 5.69 Å². The standard InChI is InChI=1S/C17H22N2O/c1-16(2)12-6-7-17(16,3)15(9-12)20-14-8-11(10-18)4-5-13(14)19/h4-5,8,12,15H,6-7,9,19H2,1-3H3. The molecule has 0 amide bonds. The van der Waals surface area contributed by atoms with Crippen molar-refractivity contribution in [1.29, 1.82) is 5.26 Å². The van der Waals surface area contributed by atoms with Gasteiger partial charge in [0.05, 0.1) is 17.3 Å². The average molecular weight is 270 g/mol. The molecule has 1 aromatic rings. The molecule has 3 rings (SSSR count). The fourth-order valence-electron chi connectivity index (χ4n) is 4.17. The number of rotatable bonds is 2. The van der Waals surface area contributed by atoms with Gasteiger partial charge in [0.2, 0.25) is 0 Å². The molecule has 2 bridgehead atoms. The van der Waals surface area contributed by atoms with Gasteiger partial charge in [-0.3, -0.25) is 0 Å². The zero-order valence-electron chi connectivity index (χ0n) is 12.4. The molecular weight excluding hydrogens is 248 g/mol. The number of benzene rings is 1. The van der Waals surface area contributed by atoms with Crippen LogP contribution in [0.4, 0.5) is 5.69 Å². The first-order chi connectivity index (χ1) is 9.38. The minimum atomic E-state index is 0.201. The molecule has 0 heterocycles. The number of anilines is 1. The van der Waals surface area contributed by atoms with Gasteiger partial charge in [-0.05, 0) is 42.7 Å². The number of fused-ring (bicyclic) bond motifs is 2. The van der Waals surface area contributed by atoms with Gasteiger partial charge in [-0.15, -0.1) is 0 Å². The molecule has 1 aromatic carbocycles. The van der Waals surface area contributed by atoms with Crippen molar-refractivity contribution < 1.29 is 4.74 Å². The van der Waals surface area contributed by atoms with Crippen LogP contribution >= 0.6 is 0 Å². The minimum Gasteiger partial charge on any atom is -0.488 e. The summed E-state index contributed by atoms with van der Waals surface area (Å²) in [6, 6.07) is 7.39. The number of hydrogen-bond acceptors (Lipinski definition) is 3. The smallest absolute Gasteiger partial charge is 0.143 e. The van der Waals surface area contributed by atoms with Crippen LogP contribution in [0, 0.1) is 28.1 Å². The molecule has 2 aliphatic carbocycles. The van der Waals surface area contributed by atoms with E-state index in [1.807, 2.05) is 0 Å². The molecule has 3 unspecified atom stereocenters. The third-order valence-electron chi connectivity index (χ3n) is 6.13. The summed E-state index contributed by atoms with van der Waals surface area (Å²) in [6.45, 7) is 7.07. The lowest BCUT2D eigenvalue weighted by Gasteiger charge is -2.39. The monoisotopic (exact) mass is 270 g/mol. The van der Waals surface area contributed by atoms with Crippen LogP contribution in [-0.2, 0) is 0 Å². The Morgan fingerprint density at radius 3 is 2.65 bits per heavy atom. The molecule has 0 aromatic heterocycles. The summed E-state index contributed by atoms with van der Waals surface area (Å²) in [5.41, 5.74) is 7.73. The predicted octanol–water partition coefficient (Wildman–Crippen LogP) is 3.73. The molecule has 3 atom stereocenters. The van der Waals surface area contributed by atoms with Crippen molar-refractivity contribution in [1.82, 2.24) is 0 Å². The summed E-state index contributed by atoms with van der Waals surface area (Å²) >= 11 is 0. The highest BCUT2D eigenvalue weighted by Crippen LogP contribution is 2.66. The van der Waals surface area contributed by atoms with Gasteiger partial charge in [0.15, 0.2) is 0 Å². The van der Waals surface area contributed by atoms with Crippen LogP contribution < -0.4 is 10.5 Å². The lowest BCUT2D eigenvalue weighted by atomic mass is 9.70. The summed E-state index contributed by atoms with van der Waals surface area (Å²) in [6.07, 6.45) is 3.82. The molecule has 3 heteroatoms. The Kier molecular flexibility index (Phi) is 2.76. The van der Waals surface area contributed by atoms with E-state index in [4.69, 9.17) is 15.7 Å². The third-order valence-corrected chi connectivity index (χ3v) is 6.13. The molecule has 0 saturated heterocycles. The van der Waals surface area contributed by atoms with Crippen LogP contribution in [0.15, 0.2) is 18.2 Å². The maximum Gasteiger partial charge on any atom is 0.143 e. The lowest BCUT2D eigenvalue weighted by molar-refractivity contribution is 0.0306. The lowest BCUT2D eigenvalue weighted by Crippen LogP contribution is -2.39. The second-order valence-corrected chi connectivity index (χ2v) is 7.08. The maximum atomic E-state index is 9.01.